The molecule has 0 saturated carbocycles. The van der Waals surface area contributed by atoms with Crippen LogP contribution in [0.15, 0.2) is 42.5 Å². The van der Waals surface area contributed by atoms with E-state index in [1.807, 2.05) is 0 Å². The van der Waals surface area contributed by atoms with E-state index < -0.39 is 6.03 Å². The average molecular weight is 362 g/mol. The highest BCUT2D eigenvalue weighted by molar-refractivity contribution is 6.30. The van der Waals surface area contributed by atoms with Gasteiger partial charge in [0.05, 0.1) is 0 Å². The summed E-state index contributed by atoms with van der Waals surface area (Å²) in [4.78, 5) is 23.7. The van der Waals surface area contributed by atoms with Crippen molar-refractivity contribution in [2.24, 2.45) is 0 Å². The summed E-state index contributed by atoms with van der Waals surface area (Å²) in [6.45, 7) is 0.376. The van der Waals surface area contributed by atoms with Crippen LogP contribution in [0, 0.1) is 0 Å². The molecule has 2 aromatic rings. The van der Waals surface area contributed by atoms with Gasteiger partial charge in [-0.3, -0.25) is 4.79 Å². The molecular weight excluding hydrogens is 346 g/mol. The summed E-state index contributed by atoms with van der Waals surface area (Å²) in [6, 6.07) is 11.5. The van der Waals surface area contributed by atoms with E-state index in [4.69, 9.17) is 21.1 Å². The number of hydrogen-bond donors (Lipinski definition) is 3. The van der Waals surface area contributed by atoms with Crippen LogP contribution in [-0.2, 0) is 4.79 Å². The molecule has 0 spiro atoms. The highest BCUT2D eigenvalue weighted by Crippen LogP contribution is 2.34. The molecule has 0 saturated heterocycles. The second-order valence-electron chi connectivity index (χ2n) is 5.26. The van der Waals surface area contributed by atoms with Gasteiger partial charge in [-0.2, -0.15) is 0 Å². The number of benzene rings is 2. The summed E-state index contributed by atoms with van der Waals surface area (Å²) in [5, 5.41) is 8.52. The Bertz CT molecular complexity index is 797. The maximum Gasteiger partial charge on any atom is 0.319 e. The average Bonchev–Trinajstić information content (AvgIpc) is 3.02. The monoisotopic (exact) mass is 361 g/mol. The van der Waals surface area contributed by atoms with Crippen LogP contribution < -0.4 is 25.4 Å². The highest BCUT2D eigenvalue weighted by Gasteiger charge is 2.14. The number of nitrogens with one attached hydrogen (secondary N) is 3. The van der Waals surface area contributed by atoms with E-state index in [1.54, 1.807) is 42.5 Å². The number of fused-ring (bicyclic) bond motifs is 1. The highest BCUT2D eigenvalue weighted by atomic mass is 35.5. The molecule has 0 aromatic heterocycles. The molecule has 3 rings (SSSR count). The Labute approximate surface area is 149 Å². The second kappa shape index (κ2) is 7.76. The van der Waals surface area contributed by atoms with Gasteiger partial charge < -0.3 is 25.4 Å². The molecule has 25 heavy (non-hydrogen) atoms. The quantitative estimate of drug-likeness (QED) is 0.763. The molecule has 1 aliphatic rings. The summed E-state index contributed by atoms with van der Waals surface area (Å²) in [7, 11) is 0. The van der Waals surface area contributed by atoms with E-state index in [1.165, 1.54) is 0 Å². The number of halogens is 1. The van der Waals surface area contributed by atoms with Crippen molar-refractivity contribution in [3.8, 4) is 11.5 Å². The Hall–Kier alpha value is -2.93. The number of carbonyl (C=O) groups is 2. The van der Waals surface area contributed by atoms with Crippen molar-refractivity contribution >= 4 is 34.9 Å². The van der Waals surface area contributed by atoms with E-state index in [0.717, 1.165) is 0 Å². The summed E-state index contributed by atoms with van der Waals surface area (Å²) in [5.74, 6) is 1.02. The number of hydrogen-bond acceptors (Lipinski definition) is 4. The third-order valence-corrected chi connectivity index (χ3v) is 3.61. The number of urea groups is 1. The van der Waals surface area contributed by atoms with Crippen LogP contribution in [0.3, 0.4) is 0 Å². The van der Waals surface area contributed by atoms with Gasteiger partial charge in [-0.1, -0.05) is 17.7 Å². The minimum Gasteiger partial charge on any atom is -0.454 e. The number of carbonyl (C=O) groups excluding carboxylic acids is 2. The van der Waals surface area contributed by atoms with Gasteiger partial charge in [0.15, 0.2) is 11.5 Å². The summed E-state index contributed by atoms with van der Waals surface area (Å²) >= 11 is 5.85. The maximum absolute atomic E-state index is 11.9. The molecule has 0 atom stereocenters. The van der Waals surface area contributed by atoms with Crippen LogP contribution in [0.5, 0.6) is 11.5 Å². The fourth-order valence-corrected chi connectivity index (χ4v) is 2.42. The first-order valence-corrected chi connectivity index (χ1v) is 7.98. The predicted molar refractivity (Wildman–Crippen MR) is 94.3 cm³/mol. The molecule has 7 nitrogen and oxygen atoms in total. The van der Waals surface area contributed by atoms with E-state index in [2.05, 4.69) is 16.0 Å². The lowest BCUT2D eigenvalue weighted by Crippen LogP contribution is -2.31. The Morgan fingerprint density at radius 1 is 1.00 bits per heavy atom. The van der Waals surface area contributed by atoms with E-state index in [-0.39, 0.29) is 25.7 Å². The number of rotatable bonds is 5. The maximum atomic E-state index is 11.9. The van der Waals surface area contributed by atoms with Crippen LogP contribution in [-0.4, -0.2) is 25.3 Å². The van der Waals surface area contributed by atoms with E-state index in [0.29, 0.717) is 27.9 Å². The molecule has 130 valence electrons. The van der Waals surface area contributed by atoms with Crippen molar-refractivity contribution in [3.63, 3.8) is 0 Å². The zero-order chi connectivity index (χ0) is 17.6. The fourth-order valence-electron chi connectivity index (χ4n) is 2.23. The zero-order valence-electron chi connectivity index (χ0n) is 13.2. The van der Waals surface area contributed by atoms with Crippen molar-refractivity contribution in [2.45, 2.75) is 6.42 Å². The van der Waals surface area contributed by atoms with Gasteiger partial charge in [0.25, 0.3) is 0 Å². The van der Waals surface area contributed by atoms with Crippen LogP contribution in [0.4, 0.5) is 16.2 Å². The third-order valence-electron chi connectivity index (χ3n) is 3.38. The van der Waals surface area contributed by atoms with Gasteiger partial charge in [0.1, 0.15) is 0 Å². The van der Waals surface area contributed by atoms with Gasteiger partial charge in [-0.05, 0) is 30.3 Å². The first kappa shape index (κ1) is 16.9. The molecule has 1 heterocycles. The van der Waals surface area contributed by atoms with Crippen molar-refractivity contribution in [1.82, 2.24) is 5.32 Å². The fraction of sp³-hybridized carbons (Fsp3) is 0.176. The summed E-state index contributed by atoms with van der Waals surface area (Å²) < 4.78 is 10.5. The first-order valence-electron chi connectivity index (χ1n) is 7.60. The number of amides is 3. The molecule has 1 aliphatic heterocycles. The lowest BCUT2D eigenvalue weighted by molar-refractivity contribution is -0.116. The van der Waals surface area contributed by atoms with Crippen molar-refractivity contribution in [1.29, 1.82) is 0 Å². The van der Waals surface area contributed by atoms with Gasteiger partial charge in [-0.15, -0.1) is 0 Å². The van der Waals surface area contributed by atoms with Gasteiger partial charge in [-0.25, -0.2) is 4.79 Å². The normalized spacial score (nSPS) is 11.7. The summed E-state index contributed by atoms with van der Waals surface area (Å²) in [5.41, 5.74) is 1.19. The number of anilines is 2. The van der Waals surface area contributed by atoms with Crippen LogP contribution in [0.2, 0.25) is 5.02 Å². The van der Waals surface area contributed by atoms with Gasteiger partial charge in [0, 0.05) is 35.4 Å². The molecule has 3 N–H and O–H groups in total. The molecule has 8 heteroatoms. The third kappa shape index (κ3) is 4.77. The van der Waals surface area contributed by atoms with Gasteiger partial charge in [0.2, 0.25) is 12.7 Å². The molecule has 0 aliphatic carbocycles. The SMILES string of the molecule is O=C(CCNC(=O)Nc1cccc(Cl)c1)Nc1ccc2c(c1)OCO2. The van der Waals surface area contributed by atoms with E-state index >= 15 is 0 Å². The van der Waals surface area contributed by atoms with Gasteiger partial charge >= 0.3 is 6.03 Å². The van der Waals surface area contributed by atoms with Crippen molar-refractivity contribution in [3.05, 3.63) is 47.5 Å². The van der Waals surface area contributed by atoms with Crippen LogP contribution in [0.1, 0.15) is 6.42 Å². The van der Waals surface area contributed by atoms with Crippen molar-refractivity contribution < 1.29 is 19.1 Å². The Balaban J connectivity index is 1.41. The lowest BCUT2D eigenvalue weighted by atomic mass is 10.2. The molecule has 2 aromatic carbocycles. The lowest BCUT2D eigenvalue weighted by Gasteiger charge is -2.09. The molecule has 0 bridgehead atoms. The minimum absolute atomic E-state index is 0.136. The largest absolute Gasteiger partial charge is 0.454 e. The topological polar surface area (TPSA) is 88.7 Å². The molecule has 3 amide bonds. The smallest absolute Gasteiger partial charge is 0.319 e. The van der Waals surface area contributed by atoms with Crippen molar-refractivity contribution in [2.75, 3.05) is 24.0 Å². The Kier molecular flexibility index (Phi) is 5.25. The van der Waals surface area contributed by atoms with Crippen LogP contribution in [0.25, 0.3) is 0 Å². The number of ether oxygens (including phenoxy) is 2. The first-order chi connectivity index (χ1) is 12.1. The minimum atomic E-state index is -0.404. The molecular formula is C17H16ClN3O4. The zero-order valence-corrected chi connectivity index (χ0v) is 13.9. The second-order valence-corrected chi connectivity index (χ2v) is 5.69. The van der Waals surface area contributed by atoms with E-state index in [9.17, 15) is 9.59 Å². The Morgan fingerprint density at radius 2 is 1.80 bits per heavy atom. The summed E-state index contributed by atoms with van der Waals surface area (Å²) in [6.07, 6.45) is 0.136. The molecule has 0 unspecified atom stereocenters. The molecule has 0 fully saturated rings. The van der Waals surface area contributed by atoms with Crippen LogP contribution >= 0.6 is 11.6 Å². The molecule has 0 radical (unpaired) electrons. The standard InChI is InChI=1S/C17H16ClN3O4/c18-11-2-1-3-12(8-11)21-17(23)19-7-6-16(22)20-13-4-5-14-15(9-13)25-10-24-14/h1-5,8-9H,6-7,10H2,(H,20,22)(H2,19,21,23). The predicted octanol–water partition coefficient (Wildman–Crippen LogP) is 3.22. The Morgan fingerprint density at radius 3 is 2.64 bits per heavy atom.